The molecule has 0 aliphatic rings. The molecule has 1 N–H and O–H groups in total. The molecule has 0 aliphatic heterocycles. The predicted octanol–water partition coefficient (Wildman–Crippen LogP) is 3.66. The molecule has 0 fully saturated rings. The third-order valence-electron chi connectivity index (χ3n) is 4.64. The second-order valence-electron chi connectivity index (χ2n) is 6.67. The van der Waals surface area contributed by atoms with E-state index in [1.54, 1.807) is 0 Å². The number of H-pyrrole nitrogens is 1. The molecule has 5 rings (SSSR count). The average molecular weight is 400 g/mol. The van der Waals surface area contributed by atoms with Gasteiger partial charge in [-0.1, -0.05) is 54.6 Å². The Balaban J connectivity index is 1.47. The van der Waals surface area contributed by atoms with E-state index in [-0.39, 0.29) is 12.1 Å². The molecule has 0 bridgehead atoms. The number of nitrogens with one attached hydrogen (secondary N) is 1. The van der Waals surface area contributed by atoms with E-state index in [1.165, 1.54) is 16.1 Å². The highest BCUT2D eigenvalue weighted by atomic mass is 32.1. The lowest BCUT2D eigenvalue weighted by molar-refractivity contribution is 0.555. The van der Waals surface area contributed by atoms with Gasteiger partial charge in [0.2, 0.25) is 5.82 Å². The summed E-state index contributed by atoms with van der Waals surface area (Å²) in [6.07, 6.45) is 0. The molecule has 0 amide bonds. The van der Waals surface area contributed by atoms with E-state index in [9.17, 15) is 4.79 Å². The SMILES string of the molecule is Cc1ccccc1-c1nnn(Cc2nc3sc(-c4ccccc4)cc3c(=O)[nH]2)n1. The minimum absolute atomic E-state index is 0.164. The molecule has 29 heavy (non-hydrogen) atoms. The number of aromatic amines is 1. The first-order chi connectivity index (χ1) is 14.2. The van der Waals surface area contributed by atoms with E-state index in [0.29, 0.717) is 21.9 Å². The molecular weight excluding hydrogens is 384 g/mol. The van der Waals surface area contributed by atoms with E-state index in [0.717, 1.165) is 21.6 Å². The van der Waals surface area contributed by atoms with Crippen LogP contribution < -0.4 is 5.56 Å². The van der Waals surface area contributed by atoms with Crippen LogP contribution in [0.25, 0.3) is 32.0 Å². The first-order valence-electron chi connectivity index (χ1n) is 9.09. The fraction of sp³-hybridized carbons (Fsp3) is 0.0952. The maximum absolute atomic E-state index is 12.6. The molecular formula is C21H16N6OS. The van der Waals surface area contributed by atoms with Crippen LogP contribution in [0.1, 0.15) is 11.4 Å². The summed E-state index contributed by atoms with van der Waals surface area (Å²) in [4.78, 5) is 23.1. The zero-order valence-electron chi connectivity index (χ0n) is 15.5. The van der Waals surface area contributed by atoms with Crippen LogP contribution in [-0.4, -0.2) is 30.2 Å². The highest BCUT2D eigenvalue weighted by Crippen LogP contribution is 2.30. The van der Waals surface area contributed by atoms with Crippen LogP contribution in [0.4, 0.5) is 0 Å². The normalized spacial score (nSPS) is 11.2. The zero-order chi connectivity index (χ0) is 19.8. The maximum atomic E-state index is 12.6. The molecule has 0 spiro atoms. The van der Waals surface area contributed by atoms with Crippen molar-refractivity contribution in [2.45, 2.75) is 13.5 Å². The largest absolute Gasteiger partial charge is 0.308 e. The van der Waals surface area contributed by atoms with Gasteiger partial charge < -0.3 is 4.98 Å². The summed E-state index contributed by atoms with van der Waals surface area (Å²) in [5.74, 6) is 1.05. The summed E-state index contributed by atoms with van der Waals surface area (Å²) in [6.45, 7) is 2.24. The van der Waals surface area contributed by atoms with Gasteiger partial charge in [0, 0.05) is 10.4 Å². The molecule has 0 atom stereocenters. The lowest BCUT2D eigenvalue weighted by Gasteiger charge is -2.00. The van der Waals surface area contributed by atoms with Crippen LogP contribution in [-0.2, 0) is 6.54 Å². The number of thiophene rings is 1. The lowest BCUT2D eigenvalue weighted by Crippen LogP contribution is -2.14. The molecule has 3 heterocycles. The fourth-order valence-corrected chi connectivity index (χ4v) is 4.23. The van der Waals surface area contributed by atoms with Gasteiger partial charge in [-0.3, -0.25) is 4.79 Å². The van der Waals surface area contributed by atoms with Crippen molar-refractivity contribution in [3.05, 3.63) is 82.4 Å². The van der Waals surface area contributed by atoms with Gasteiger partial charge in [-0.15, -0.1) is 21.5 Å². The van der Waals surface area contributed by atoms with Gasteiger partial charge in [0.1, 0.15) is 17.2 Å². The van der Waals surface area contributed by atoms with Crippen LogP contribution in [0.5, 0.6) is 0 Å². The van der Waals surface area contributed by atoms with Crippen LogP contribution in [0.15, 0.2) is 65.5 Å². The summed E-state index contributed by atoms with van der Waals surface area (Å²) >= 11 is 1.50. The van der Waals surface area contributed by atoms with Crippen LogP contribution in [0.2, 0.25) is 0 Å². The number of fused-ring (bicyclic) bond motifs is 1. The second kappa shape index (κ2) is 7.06. The van der Waals surface area contributed by atoms with E-state index in [2.05, 4.69) is 25.4 Å². The standard InChI is InChI=1S/C21H16N6OS/c1-13-7-5-6-10-15(13)19-24-26-27(25-19)12-18-22-20(28)16-11-17(29-21(16)23-18)14-8-3-2-4-9-14/h2-11H,12H2,1H3,(H,22,23,28). The van der Waals surface area contributed by atoms with Crippen molar-refractivity contribution in [1.29, 1.82) is 0 Å². The number of tetrazole rings is 1. The average Bonchev–Trinajstić information content (AvgIpc) is 3.37. The Labute approximate surface area is 169 Å². The maximum Gasteiger partial charge on any atom is 0.259 e. The highest BCUT2D eigenvalue weighted by Gasteiger charge is 2.13. The third kappa shape index (κ3) is 3.34. The Morgan fingerprint density at radius 2 is 1.86 bits per heavy atom. The summed E-state index contributed by atoms with van der Waals surface area (Å²) in [5, 5.41) is 13.3. The Kier molecular flexibility index (Phi) is 4.25. The summed E-state index contributed by atoms with van der Waals surface area (Å²) in [6, 6.07) is 19.7. The number of aromatic nitrogens is 6. The fourth-order valence-electron chi connectivity index (χ4n) is 3.17. The lowest BCUT2D eigenvalue weighted by atomic mass is 10.1. The molecule has 5 aromatic rings. The minimum Gasteiger partial charge on any atom is -0.308 e. The smallest absolute Gasteiger partial charge is 0.259 e. The molecule has 0 aliphatic carbocycles. The van der Waals surface area contributed by atoms with Gasteiger partial charge in [-0.25, -0.2) is 4.98 Å². The quantitative estimate of drug-likeness (QED) is 0.497. The van der Waals surface area contributed by atoms with Gasteiger partial charge >= 0.3 is 0 Å². The molecule has 0 radical (unpaired) electrons. The number of hydrogen-bond donors (Lipinski definition) is 1. The Hall–Kier alpha value is -3.65. The van der Waals surface area contributed by atoms with Crippen LogP contribution >= 0.6 is 11.3 Å². The number of aryl methyl sites for hydroxylation is 1. The molecule has 3 aromatic heterocycles. The van der Waals surface area contributed by atoms with Crippen LogP contribution in [0, 0.1) is 6.92 Å². The van der Waals surface area contributed by atoms with Gasteiger partial charge in [0.05, 0.1) is 5.39 Å². The topological polar surface area (TPSA) is 89.4 Å². The third-order valence-corrected chi connectivity index (χ3v) is 5.72. The monoisotopic (exact) mass is 400 g/mol. The van der Waals surface area contributed by atoms with Crippen molar-refractivity contribution in [2.75, 3.05) is 0 Å². The predicted molar refractivity (Wildman–Crippen MR) is 113 cm³/mol. The van der Waals surface area contributed by atoms with E-state index < -0.39 is 0 Å². The van der Waals surface area contributed by atoms with Gasteiger partial charge in [-0.2, -0.15) is 4.80 Å². The molecule has 142 valence electrons. The Morgan fingerprint density at radius 1 is 1.07 bits per heavy atom. The number of nitrogens with zero attached hydrogens (tertiary/aromatic N) is 5. The van der Waals surface area contributed by atoms with Crippen molar-refractivity contribution < 1.29 is 0 Å². The molecule has 7 nitrogen and oxygen atoms in total. The summed E-state index contributed by atoms with van der Waals surface area (Å²) in [5.41, 5.74) is 2.91. The van der Waals surface area contributed by atoms with Crippen molar-refractivity contribution in [3.63, 3.8) is 0 Å². The summed E-state index contributed by atoms with van der Waals surface area (Å²) in [7, 11) is 0. The van der Waals surface area contributed by atoms with Gasteiger partial charge in [0.25, 0.3) is 5.56 Å². The highest BCUT2D eigenvalue weighted by molar-refractivity contribution is 7.21. The number of rotatable bonds is 4. The van der Waals surface area contributed by atoms with E-state index >= 15 is 0 Å². The van der Waals surface area contributed by atoms with E-state index in [1.807, 2.05) is 67.6 Å². The number of hydrogen-bond acceptors (Lipinski definition) is 6. The van der Waals surface area contributed by atoms with Gasteiger partial charge in [0.15, 0.2) is 0 Å². The zero-order valence-corrected chi connectivity index (χ0v) is 16.3. The van der Waals surface area contributed by atoms with Crippen molar-refractivity contribution in [3.8, 4) is 21.8 Å². The molecule has 0 saturated carbocycles. The first kappa shape index (κ1) is 17.4. The van der Waals surface area contributed by atoms with E-state index in [4.69, 9.17) is 0 Å². The molecule has 0 saturated heterocycles. The van der Waals surface area contributed by atoms with Crippen molar-refractivity contribution >= 4 is 21.6 Å². The molecule has 0 unspecified atom stereocenters. The van der Waals surface area contributed by atoms with Crippen molar-refractivity contribution in [2.24, 2.45) is 0 Å². The van der Waals surface area contributed by atoms with Crippen LogP contribution in [0.3, 0.4) is 0 Å². The van der Waals surface area contributed by atoms with Gasteiger partial charge in [-0.05, 0) is 29.3 Å². The summed E-state index contributed by atoms with van der Waals surface area (Å²) < 4.78 is 0. The number of benzene rings is 2. The minimum atomic E-state index is -0.164. The first-order valence-corrected chi connectivity index (χ1v) is 9.91. The molecule has 8 heteroatoms. The Bertz CT molecular complexity index is 1370. The van der Waals surface area contributed by atoms with Crippen molar-refractivity contribution in [1.82, 2.24) is 30.2 Å². The second-order valence-corrected chi connectivity index (χ2v) is 7.70. The Morgan fingerprint density at radius 3 is 2.69 bits per heavy atom. The molecule has 2 aromatic carbocycles.